The highest BCUT2D eigenvalue weighted by Gasteiger charge is 2.36. The molecule has 1 saturated heterocycles. The summed E-state index contributed by atoms with van der Waals surface area (Å²) >= 11 is 0. The molecule has 5 nitrogen and oxygen atoms in total. The van der Waals surface area contributed by atoms with E-state index in [0.717, 1.165) is 0 Å². The summed E-state index contributed by atoms with van der Waals surface area (Å²) in [6, 6.07) is 6.38. The van der Waals surface area contributed by atoms with Gasteiger partial charge in [-0.3, -0.25) is 10.1 Å². The van der Waals surface area contributed by atoms with Gasteiger partial charge in [-0.2, -0.15) is 0 Å². The monoisotopic (exact) mass is 251 g/mol. The number of benzene rings is 1. The maximum atomic E-state index is 10.7. The highest BCUT2D eigenvalue weighted by atomic mass is 16.7. The Morgan fingerprint density at radius 3 is 2.78 bits per heavy atom. The highest BCUT2D eigenvalue weighted by molar-refractivity contribution is 5.34. The van der Waals surface area contributed by atoms with Crippen molar-refractivity contribution in [2.45, 2.75) is 33.2 Å². The van der Waals surface area contributed by atoms with Gasteiger partial charge in [-0.25, -0.2) is 0 Å². The third kappa shape index (κ3) is 2.52. The van der Waals surface area contributed by atoms with Gasteiger partial charge < -0.3 is 9.47 Å². The van der Waals surface area contributed by atoms with Crippen LogP contribution in [0, 0.1) is 15.5 Å². The molecule has 1 aliphatic rings. The zero-order valence-electron chi connectivity index (χ0n) is 10.8. The Kier molecular flexibility index (Phi) is 3.36. The lowest BCUT2D eigenvalue weighted by Gasteiger charge is -2.40. The summed E-state index contributed by atoms with van der Waals surface area (Å²) in [5.74, 6) is 0. The first kappa shape index (κ1) is 13.0. The smallest absolute Gasteiger partial charge is 0.269 e. The molecule has 1 aromatic rings. The largest absolute Gasteiger partial charge is 0.348 e. The van der Waals surface area contributed by atoms with Gasteiger partial charge in [-0.05, 0) is 6.92 Å². The van der Waals surface area contributed by atoms with E-state index in [1.54, 1.807) is 12.1 Å². The molecule has 0 aliphatic carbocycles. The lowest BCUT2D eigenvalue weighted by atomic mass is 9.87. The van der Waals surface area contributed by atoms with E-state index in [9.17, 15) is 10.1 Å². The molecule has 1 fully saturated rings. The van der Waals surface area contributed by atoms with Gasteiger partial charge in [0, 0.05) is 23.1 Å². The number of nitro benzene ring substituents is 1. The highest BCUT2D eigenvalue weighted by Crippen LogP contribution is 2.36. The fourth-order valence-corrected chi connectivity index (χ4v) is 1.78. The number of ether oxygens (including phenoxy) is 2. The van der Waals surface area contributed by atoms with Gasteiger partial charge in [0.05, 0.1) is 17.6 Å². The molecule has 0 radical (unpaired) electrons. The number of nitro groups is 1. The van der Waals surface area contributed by atoms with Gasteiger partial charge in [0.15, 0.2) is 6.29 Å². The molecule has 18 heavy (non-hydrogen) atoms. The Labute approximate surface area is 106 Å². The minimum Gasteiger partial charge on any atom is -0.348 e. The second-order valence-corrected chi connectivity index (χ2v) is 5.26. The first-order valence-corrected chi connectivity index (χ1v) is 5.91. The summed E-state index contributed by atoms with van der Waals surface area (Å²) in [6.45, 7) is 6.71. The Morgan fingerprint density at radius 1 is 1.44 bits per heavy atom. The number of rotatable bonds is 2. The van der Waals surface area contributed by atoms with Crippen molar-refractivity contribution in [3.8, 4) is 0 Å². The van der Waals surface area contributed by atoms with Crippen LogP contribution in [0.1, 0.15) is 32.6 Å². The van der Waals surface area contributed by atoms with Crippen LogP contribution in [0.2, 0.25) is 0 Å². The lowest BCUT2D eigenvalue weighted by Crippen LogP contribution is -2.40. The molecule has 2 rings (SSSR count). The summed E-state index contributed by atoms with van der Waals surface area (Å²) in [7, 11) is 0. The van der Waals surface area contributed by atoms with Crippen molar-refractivity contribution < 1.29 is 14.4 Å². The van der Waals surface area contributed by atoms with Gasteiger partial charge in [0.25, 0.3) is 5.69 Å². The van der Waals surface area contributed by atoms with Crippen LogP contribution in [0.15, 0.2) is 24.3 Å². The molecule has 0 N–H and O–H groups in total. The number of non-ortho nitro benzene ring substituents is 1. The Balaban J connectivity index is 2.18. The molecule has 0 amide bonds. The zero-order chi connectivity index (χ0) is 13.3. The van der Waals surface area contributed by atoms with Crippen LogP contribution in [0.25, 0.3) is 0 Å². The van der Waals surface area contributed by atoms with Crippen molar-refractivity contribution in [2.24, 2.45) is 5.41 Å². The molecule has 2 atom stereocenters. The first-order valence-electron chi connectivity index (χ1n) is 5.91. The summed E-state index contributed by atoms with van der Waals surface area (Å²) in [4.78, 5) is 10.3. The topological polar surface area (TPSA) is 61.6 Å². The van der Waals surface area contributed by atoms with Gasteiger partial charge in [-0.1, -0.05) is 26.0 Å². The molecular weight excluding hydrogens is 234 g/mol. The van der Waals surface area contributed by atoms with Gasteiger partial charge in [0.1, 0.15) is 0 Å². The van der Waals surface area contributed by atoms with E-state index in [0.29, 0.717) is 12.2 Å². The van der Waals surface area contributed by atoms with Crippen LogP contribution in [-0.2, 0) is 9.47 Å². The molecule has 1 heterocycles. The Morgan fingerprint density at radius 2 is 2.17 bits per heavy atom. The average Bonchev–Trinajstić information content (AvgIpc) is 2.33. The molecule has 0 spiro atoms. The third-order valence-corrected chi connectivity index (χ3v) is 3.39. The second kappa shape index (κ2) is 4.66. The van der Waals surface area contributed by atoms with Crippen molar-refractivity contribution >= 4 is 5.69 Å². The van der Waals surface area contributed by atoms with Crippen molar-refractivity contribution in [3.05, 3.63) is 39.9 Å². The molecule has 0 aromatic heterocycles. The standard InChI is InChI=1S/C13H17NO4/c1-9-13(2,3)8-17-12(18-9)10-5-4-6-11(7-10)14(15)16/h4-7,9,12H,8H2,1-3H3. The maximum Gasteiger partial charge on any atom is 0.269 e. The first-order chi connectivity index (χ1) is 8.40. The van der Waals surface area contributed by atoms with Crippen LogP contribution in [-0.4, -0.2) is 17.6 Å². The molecule has 2 unspecified atom stereocenters. The minimum atomic E-state index is -0.520. The predicted octanol–water partition coefficient (Wildman–Crippen LogP) is 3.05. The molecular formula is C13H17NO4. The molecule has 5 heteroatoms. The van der Waals surface area contributed by atoms with Crippen molar-refractivity contribution in [2.75, 3.05) is 6.61 Å². The number of nitrogens with zero attached hydrogens (tertiary/aromatic N) is 1. The van der Waals surface area contributed by atoms with Crippen LogP contribution >= 0.6 is 0 Å². The van der Waals surface area contributed by atoms with Crippen LogP contribution in [0.5, 0.6) is 0 Å². The molecule has 0 bridgehead atoms. The van der Waals surface area contributed by atoms with E-state index in [2.05, 4.69) is 13.8 Å². The Bertz CT molecular complexity index is 458. The van der Waals surface area contributed by atoms with Crippen LogP contribution < -0.4 is 0 Å². The normalized spacial score (nSPS) is 26.8. The van der Waals surface area contributed by atoms with Crippen molar-refractivity contribution in [1.29, 1.82) is 0 Å². The third-order valence-electron chi connectivity index (χ3n) is 3.39. The zero-order valence-corrected chi connectivity index (χ0v) is 10.8. The van der Waals surface area contributed by atoms with Gasteiger partial charge >= 0.3 is 0 Å². The predicted molar refractivity (Wildman–Crippen MR) is 66.1 cm³/mol. The van der Waals surface area contributed by atoms with Gasteiger partial charge in [0.2, 0.25) is 0 Å². The van der Waals surface area contributed by atoms with Gasteiger partial charge in [-0.15, -0.1) is 0 Å². The van der Waals surface area contributed by atoms with E-state index < -0.39 is 11.2 Å². The van der Waals surface area contributed by atoms with E-state index >= 15 is 0 Å². The van der Waals surface area contributed by atoms with Crippen LogP contribution in [0.3, 0.4) is 0 Å². The average molecular weight is 251 g/mol. The maximum absolute atomic E-state index is 10.7. The molecule has 0 saturated carbocycles. The fourth-order valence-electron chi connectivity index (χ4n) is 1.78. The summed E-state index contributed by atoms with van der Waals surface area (Å²) in [5.41, 5.74) is 0.695. The van der Waals surface area contributed by atoms with E-state index in [1.807, 2.05) is 6.92 Å². The summed E-state index contributed by atoms with van der Waals surface area (Å²) in [5, 5.41) is 10.7. The Hall–Kier alpha value is -1.46. The van der Waals surface area contributed by atoms with E-state index in [-0.39, 0.29) is 17.2 Å². The van der Waals surface area contributed by atoms with E-state index in [1.165, 1.54) is 12.1 Å². The lowest BCUT2D eigenvalue weighted by molar-refractivity contribution is -0.385. The summed E-state index contributed by atoms with van der Waals surface area (Å²) in [6.07, 6.45) is -0.483. The minimum absolute atomic E-state index is 0.0375. The quantitative estimate of drug-likeness (QED) is 0.598. The molecule has 98 valence electrons. The second-order valence-electron chi connectivity index (χ2n) is 5.26. The molecule has 1 aromatic carbocycles. The van der Waals surface area contributed by atoms with E-state index in [4.69, 9.17) is 9.47 Å². The molecule has 1 aliphatic heterocycles. The number of hydrogen-bond donors (Lipinski definition) is 0. The SMILES string of the molecule is CC1OC(c2cccc([N+](=O)[O-])c2)OCC1(C)C. The van der Waals surface area contributed by atoms with Crippen molar-refractivity contribution in [1.82, 2.24) is 0 Å². The summed E-state index contributed by atoms with van der Waals surface area (Å²) < 4.78 is 11.4. The van der Waals surface area contributed by atoms with Crippen LogP contribution in [0.4, 0.5) is 5.69 Å². The fraction of sp³-hybridized carbons (Fsp3) is 0.538. The number of hydrogen-bond acceptors (Lipinski definition) is 4. The van der Waals surface area contributed by atoms with Crippen molar-refractivity contribution in [3.63, 3.8) is 0 Å².